The number of nitrogens with zero attached hydrogens (tertiary/aromatic N) is 1. The van der Waals surface area contributed by atoms with Crippen LogP contribution in [0.5, 0.6) is 5.75 Å². The van der Waals surface area contributed by atoms with Crippen LogP contribution in [0, 0.1) is 0 Å². The van der Waals surface area contributed by atoms with Crippen LogP contribution in [-0.4, -0.2) is 37.8 Å². The zero-order chi connectivity index (χ0) is 17.0. The van der Waals surface area contributed by atoms with Crippen molar-refractivity contribution in [1.82, 2.24) is 4.90 Å². The molecule has 0 bridgehead atoms. The van der Waals surface area contributed by atoms with Crippen molar-refractivity contribution in [2.75, 3.05) is 26.8 Å². The summed E-state index contributed by atoms with van der Waals surface area (Å²) in [5.41, 5.74) is 2.37. The van der Waals surface area contributed by atoms with Crippen LogP contribution in [0.1, 0.15) is 18.1 Å². The molecule has 0 aliphatic carbocycles. The van der Waals surface area contributed by atoms with E-state index in [1.165, 1.54) is 11.1 Å². The molecule has 0 saturated carbocycles. The van der Waals surface area contributed by atoms with Crippen LogP contribution < -0.4 is 4.74 Å². The first-order chi connectivity index (χ1) is 11.7. The van der Waals surface area contributed by atoms with Crippen LogP contribution in [0.3, 0.4) is 0 Å². The number of rotatable bonds is 5. The van der Waals surface area contributed by atoms with Crippen LogP contribution in [0.15, 0.2) is 54.6 Å². The van der Waals surface area contributed by atoms with Crippen molar-refractivity contribution in [3.8, 4) is 5.75 Å². The quantitative estimate of drug-likeness (QED) is 0.842. The van der Waals surface area contributed by atoms with Gasteiger partial charge in [-0.3, -0.25) is 0 Å². The molecule has 1 fully saturated rings. The van der Waals surface area contributed by atoms with Crippen molar-refractivity contribution in [3.63, 3.8) is 0 Å². The monoisotopic (exact) mass is 325 g/mol. The van der Waals surface area contributed by atoms with E-state index in [2.05, 4.69) is 36.4 Å². The van der Waals surface area contributed by atoms with Gasteiger partial charge >= 0.3 is 6.09 Å². The Hall–Kier alpha value is -2.49. The molecule has 0 radical (unpaired) electrons. The van der Waals surface area contributed by atoms with Crippen LogP contribution in [0.4, 0.5) is 4.79 Å². The molecular formula is C20H23NO3. The lowest BCUT2D eigenvalue weighted by Crippen LogP contribution is -2.62. The second-order valence-electron chi connectivity index (χ2n) is 6.23. The first-order valence-electron chi connectivity index (χ1n) is 8.27. The largest absolute Gasteiger partial charge is 0.497 e. The predicted molar refractivity (Wildman–Crippen MR) is 93.4 cm³/mol. The summed E-state index contributed by atoms with van der Waals surface area (Å²) in [7, 11) is 1.68. The predicted octanol–water partition coefficient (Wildman–Crippen LogP) is 3.65. The second kappa shape index (κ2) is 6.95. The third kappa shape index (κ3) is 3.23. The van der Waals surface area contributed by atoms with Crippen LogP contribution in [0.25, 0.3) is 0 Å². The second-order valence-corrected chi connectivity index (χ2v) is 6.23. The summed E-state index contributed by atoms with van der Waals surface area (Å²) in [6.45, 7) is 3.55. The molecule has 1 aliphatic rings. The zero-order valence-electron chi connectivity index (χ0n) is 14.2. The highest BCUT2D eigenvalue weighted by Gasteiger charge is 2.47. The zero-order valence-corrected chi connectivity index (χ0v) is 14.2. The molecular weight excluding hydrogens is 302 g/mol. The van der Waals surface area contributed by atoms with E-state index < -0.39 is 0 Å². The highest BCUT2D eigenvalue weighted by molar-refractivity contribution is 5.70. The van der Waals surface area contributed by atoms with Crippen molar-refractivity contribution in [3.05, 3.63) is 65.7 Å². The molecule has 0 unspecified atom stereocenters. The summed E-state index contributed by atoms with van der Waals surface area (Å²) < 4.78 is 10.5. The number of likely N-dealkylation sites (tertiary alicyclic amines) is 1. The minimum absolute atomic E-state index is 0.0946. The van der Waals surface area contributed by atoms with E-state index in [4.69, 9.17) is 9.47 Å². The van der Waals surface area contributed by atoms with Gasteiger partial charge in [0.2, 0.25) is 0 Å². The summed E-state index contributed by atoms with van der Waals surface area (Å²) >= 11 is 0. The molecule has 1 aliphatic heterocycles. The van der Waals surface area contributed by atoms with Gasteiger partial charge in [0.25, 0.3) is 0 Å². The maximum Gasteiger partial charge on any atom is 0.409 e. The molecule has 0 aromatic heterocycles. The van der Waals surface area contributed by atoms with Gasteiger partial charge in [-0.2, -0.15) is 0 Å². The van der Waals surface area contributed by atoms with Crippen LogP contribution in [-0.2, 0) is 16.6 Å². The van der Waals surface area contributed by atoms with Gasteiger partial charge in [-0.15, -0.1) is 0 Å². The molecule has 0 N–H and O–H groups in total. The van der Waals surface area contributed by atoms with E-state index in [0.29, 0.717) is 19.7 Å². The normalized spacial score (nSPS) is 15.5. The van der Waals surface area contributed by atoms with Gasteiger partial charge in [-0.25, -0.2) is 4.79 Å². The molecule has 126 valence electrons. The third-order valence-corrected chi connectivity index (χ3v) is 4.58. The standard InChI is InChI=1S/C20H23NO3/c1-3-24-19(22)21-14-20(15-21,13-16-8-5-4-6-9-16)17-10-7-11-18(12-17)23-2/h4-12H,3,13-15H2,1-2H3. The maximum atomic E-state index is 12.0. The third-order valence-electron chi connectivity index (χ3n) is 4.58. The lowest BCUT2D eigenvalue weighted by atomic mass is 9.69. The fraction of sp³-hybridized carbons (Fsp3) is 0.350. The smallest absolute Gasteiger partial charge is 0.409 e. The lowest BCUT2D eigenvalue weighted by molar-refractivity contribution is 0.0392. The van der Waals surface area contributed by atoms with Crippen LogP contribution in [0.2, 0.25) is 0 Å². The Labute approximate surface area is 143 Å². The fourth-order valence-corrected chi connectivity index (χ4v) is 3.36. The van der Waals surface area contributed by atoms with Crippen LogP contribution >= 0.6 is 0 Å². The Morgan fingerprint density at radius 1 is 1.12 bits per heavy atom. The minimum atomic E-state index is -0.232. The van der Waals surface area contributed by atoms with Gasteiger partial charge in [0, 0.05) is 18.5 Å². The number of methoxy groups -OCH3 is 1. The molecule has 4 nitrogen and oxygen atoms in total. The molecule has 1 saturated heterocycles. The molecule has 3 rings (SSSR count). The Morgan fingerprint density at radius 3 is 2.54 bits per heavy atom. The van der Waals surface area contributed by atoms with Crippen molar-refractivity contribution >= 4 is 6.09 Å². The molecule has 1 heterocycles. The van der Waals surface area contributed by atoms with Gasteiger partial charge in [0.1, 0.15) is 5.75 Å². The Morgan fingerprint density at radius 2 is 1.88 bits per heavy atom. The summed E-state index contributed by atoms with van der Waals surface area (Å²) in [5.74, 6) is 0.842. The highest BCUT2D eigenvalue weighted by Crippen LogP contribution is 2.39. The SMILES string of the molecule is CCOC(=O)N1CC(Cc2ccccc2)(c2cccc(OC)c2)C1. The number of ether oxygens (including phenoxy) is 2. The number of benzene rings is 2. The molecule has 2 aromatic rings. The van der Waals surface area contributed by atoms with E-state index in [0.717, 1.165) is 12.2 Å². The fourth-order valence-electron chi connectivity index (χ4n) is 3.36. The summed E-state index contributed by atoms with van der Waals surface area (Å²) in [5, 5.41) is 0. The summed E-state index contributed by atoms with van der Waals surface area (Å²) in [4.78, 5) is 13.8. The van der Waals surface area contributed by atoms with E-state index in [1.807, 2.05) is 25.1 Å². The molecule has 0 atom stereocenters. The van der Waals surface area contributed by atoms with E-state index >= 15 is 0 Å². The number of hydrogen-bond donors (Lipinski definition) is 0. The number of amides is 1. The first-order valence-corrected chi connectivity index (χ1v) is 8.27. The molecule has 24 heavy (non-hydrogen) atoms. The molecule has 1 amide bonds. The van der Waals surface area contributed by atoms with Gasteiger partial charge in [-0.1, -0.05) is 42.5 Å². The Kier molecular flexibility index (Phi) is 4.74. The van der Waals surface area contributed by atoms with E-state index in [9.17, 15) is 4.79 Å². The Balaban J connectivity index is 1.86. The van der Waals surface area contributed by atoms with Gasteiger partial charge in [0.15, 0.2) is 0 Å². The van der Waals surface area contributed by atoms with Crippen molar-refractivity contribution in [2.45, 2.75) is 18.8 Å². The average molecular weight is 325 g/mol. The topological polar surface area (TPSA) is 38.8 Å². The van der Waals surface area contributed by atoms with Crippen molar-refractivity contribution < 1.29 is 14.3 Å². The molecule has 2 aromatic carbocycles. The van der Waals surface area contributed by atoms with E-state index in [-0.39, 0.29) is 11.5 Å². The highest BCUT2D eigenvalue weighted by atomic mass is 16.6. The van der Waals surface area contributed by atoms with Crippen molar-refractivity contribution in [1.29, 1.82) is 0 Å². The summed E-state index contributed by atoms with van der Waals surface area (Å²) in [6, 6.07) is 18.5. The lowest BCUT2D eigenvalue weighted by Gasteiger charge is -2.50. The number of carbonyl (C=O) groups is 1. The number of carbonyl (C=O) groups excluding carboxylic acids is 1. The molecule has 4 heteroatoms. The number of hydrogen-bond acceptors (Lipinski definition) is 3. The van der Waals surface area contributed by atoms with Gasteiger partial charge < -0.3 is 14.4 Å². The Bertz CT molecular complexity index is 693. The average Bonchev–Trinajstić information content (AvgIpc) is 2.59. The summed E-state index contributed by atoms with van der Waals surface area (Å²) in [6.07, 6.45) is 0.653. The first kappa shape index (κ1) is 16.4. The minimum Gasteiger partial charge on any atom is -0.497 e. The van der Waals surface area contributed by atoms with E-state index in [1.54, 1.807) is 12.0 Å². The molecule has 0 spiro atoms. The maximum absolute atomic E-state index is 12.0. The van der Waals surface area contributed by atoms with Gasteiger partial charge in [0.05, 0.1) is 13.7 Å². The van der Waals surface area contributed by atoms with Crippen molar-refractivity contribution in [2.24, 2.45) is 0 Å². The van der Waals surface area contributed by atoms with Gasteiger partial charge in [-0.05, 0) is 36.6 Å².